The molecule has 4 heterocycles. The lowest BCUT2D eigenvalue weighted by Gasteiger charge is -2.29. The SMILES string of the molecule is O=C(Nc1ccc(N2CCCCC2)cc1C(=O)NN=Cc1cccc(F)c1)c1cccc(CN2CCc3nc4ncccc4cc3C2)c1. The molecule has 2 aromatic heterocycles. The van der Waals surface area contributed by atoms with E-state index in [2.05, 4.69) is 36.7 Å². The predicted octanol–water partition coefficient (Wildman–Crippen LogP) is 6.33. The summed E-state index contributed by atoms with van der Waals surface area (Å²) in [5.74, 6) is -1.18. The number of carbonyl (C=O) groups excluding carboxylic acids is 2. The molecule has 7 rings (SSSR count). The average Bonchev–Trinajstić information content (AvgIpc) is 3.11. The van der Waals surface area contributed by atoms with Crippen molar-refractivity contribution in [1.29, 1.82) is 0 Å². The van der Waals surface area contributed by atoms with Crippen LogP contribution in [-0.4, -0.2) is 52.5 Å². The van der Waals surface area contributed by atoms with Crippen molar-refractivity contribution in [3.05, 3.63) is 130 Å². The van der Waals surface area contributed by atoms with Gasteiger partial charge in [0.1, 0.15) is 5.82 Å². The van der Waals surface area contributed by atoms with Gasteiger partial charge >= 0.3 is 0 Å². The van der Waals surface area contributed by atoms with Crippen LogP contribution >= 0.6 is 0 Å². The maximum Gasteiger partial charge on any atom is 0.273 e. The summed E-state index contributed by atoms with van der Waals surface area (Å²) in [5.41, 5.74) is 9.25. The van der Waals surface area contributed by atoms with Crippen LogP contribution in [0.1, 0.15) is 62.4 Å². The summed E-state index contributed by atoms with van der Waals surface area (Å²) in [4.78, 5) is 40.8. The normalized spacial score (nSPS) is 15.0. The van der Waals surface area contributed by atoms with Crippen molar-refractivity contribution in [3.63, 3.8) is 0 Å². The van der Waals surface area contributed by atoms with Crippen molar-refractivity contribution in [2.24, 2.45) is 5.10 Å². The molecule has 2 amide bonds. The van der Waals surface area contributed by atoms with Crippen LogP contribution in [0, 0.1) is 5.82 Å². The van der Waals surface area contributed by atoms with E-state index in [9.17, 15) is 14.0 Å². The molecule has 0 bridgehead atoms. The van der Waals surface area contributed by atoms with Gasteiger partial charge in [0.2, 0.25) is 0 Å². The Bertz CT molecular complexity index is 2010. The molecule has 48 heavy (non-hydrogen) atoms. The van der Waals surface area contributed by atoms with Crippen molar-refractivity contribution in [1.82, 2.24) is 20.3 Å². The second-order valence-electron chi connectivity index (χ2n) is 12.3. The molecule has 2 aliphatic heterocycles. The van der Waals surface area contributed by atoms with Crippen molar-refractivity contribution < 1.29 is 14.0 Å². The van der Waals surface area contributed by atoms with Gasteiger partial charge in [0.15, 0.2) is 5.65 Å². The number of anilines is 2. The third-order valence-corrected chi connectivity index (χ3v) is 8.86. The number of nitrogens with zero attached hydrogens (tertiary/aromatic N) is 5. The Balaban J connectivity index is 1.07. The highest BCUT2D eigenvalue weighted by Crippen LogP contribution is 2.27. The van der Waals surface area contributed by atoms with E-state index in [4.69, 9.17) is 4.98 Å². The number of aromatic nitrogens is 2. The predicted molar refractivity (Wildman–Crippen MR) is 186 cm³/mol. The molecule has 10 heteroatoms. The van der Waals surface area contributed by atoms with Gasteiger partial charge in [-0.3, -0.25) is 14.5 Å². The zero-order chi connectivity index (χ0) is 32.9. The molecule has 242 valence electrons. The minimum Gasteiger partial charge on any atom is -0.372 e. The van der Waals surface area contributed by atoms with E-state index in [0.29, 0.717) is 28.9 Å². The number of hydrazone groups is 1. The van der Waals surface area contributed by atoms with Crippen LogP contribution in [0.25, 0.3) is 11.0 Å². The zero-order valence-corrected chi connectivity index (χ0v) is 26.5. The standard InChI is InChI=1S/C38H36FN7O2/c39-31-11-5-7-26(20-31)23-41-44-38(48)33-22-32(46-16-2-1-3-17-46)12-13-35(33)43-37(47)29-9-4-8-27(19-29)24-45-18-14-34-30(25-45)21-28-10-6-15-40-36(28)42-34/h4-13,15,19-23H,1-3,14,16-18,24-25H2,(H,43,47)(H,44,48). The van der Waals surface area contributed by atoms with Gasteiger partial charge in [-0.15, -0.1) is 0 Å². The van der Waals surface area contributed by atoms with Crippen LogP contribution in [0.5, 0.6) is 0 Å². The Morgan fingerprint density at radius 2 is 1.77 bits per heavy atom. The van der Waals surface area contributed by atoms with Crippen LogP contribution in [0.3, 0.4) is 0 Å². The monoisotopic (exact) mass is 641 g/mol. The van der Waals surface area contributed by atoms with Crippen LogP contribution in [0.2, 0.25) is 0 Å². The van der Waals surface area contributed by atoms with Gasteiger partial charge in [0.25, 0.3) is 11.8 Å². The summed E-state index contributed by atoms with van der Waals surface area (Å²) in [6.45, 7) is 4.13. The van der Waals surface area contributed by atoms with E-state index >= 15 is 0 Å². The topological polar surface area (TPSA) is 103 Å². The van der Waals surface area contributed by atoms with Crippen LogP contribution in [-0.2, 0) is 19.5 Å². The van der Waals surface area contributed by atoms with Crippen molar-refractivity contribution in [2.75, 3.05) is 29.9 Å². The molecule has 0 saturated carbocycles. The highest BCUT2D eigenvalue weighted by Gasteiger charge is 2.21. The van der Waals surface area contributed by atoms with Gasteiger partial charge < -0.3 is 10.2 Å². The van der Waals surface area contributed by atoms with E-state index in [0.717, 1.165) is 73.4 Å². The second kappa shape index (κ2) is 14.1. The maximum atomic E-state index is 13.6. The molecule has 1 fully saturated rings. The smallest absolute Gasteiger partial charge is 0.273 e. The number of benzene rings is 3. The Labute approximate surface area is 278 Å². The van der Waals surface area contributed by atoms with Crippen molar-refractivity contribution >= 4 is 40.4 Å². The number of hydrogen-bond donors (Lipinski definition) is 2. The maximum absolute atomic E-state index is 13.6. The van der Waals surface area contributed by atoms with Crippen LogP contribution < -0.4 is 15.6 Å². The fraction of sp³-hybridized carbons (Fsp3) is 0.237. The Morgan fingerprint density at radius 1 is 0.896 bits per heavy atom. The molecule has 5 aromatic rings. The first kappa shape index (κ1) is 31.1. The zero-order valence-electron chi connectivity index (χ0n) is 26.5. The van der Waals surface area contributed by atoms with Gasteiger partial charge in [-0.1, -0.05) is 24.3 Å². The molecule has 1 saturated heterocycles. The quantitative estimate of drug-likeness (QED) is 0.152. The van der Waals surface area contributed by atoms with Gasteiger partial charge in [-0.2, -0.15) is 5.10 Å². The Kier molecular flexibility index (Phi) is 9.15. The lowest BCUT2D eigenvalue weighted by Crippen LogP contribution is -2.30. The second-order valence-corrected chi connectivity index (χ2v) is 12.3. The van der Waals surface area contributed by atoms with Crippen LogP contribution in [0.15, 0.2) is 96.2 Å². The summed E-state index contributed by atoms with van der Waals surface area (Å²) in [5, 5.41) is 8.05. The summed E-state index contributed by atoms with van der Waals surface area (Å²) in [6, 6.07) is 25.2. The lowest BCUT2D eigenvalue weighted by molar-refractivity contribution is 0.0956. The highest BCUT2D eigenvalue weighted by molar-refractivity contribution is 6.09. The molecule has 3 aromatic carbocycles. The molecular weight excluding hydrogens is 605 g/mol. The first-order chi connectivity index (χ1) is 23.5. The first-order valence-corrected chi connectivity index (χ1v) is 16.3. The van der Waals surface area contributed by atoms with Gasteiger partial charge in [0, 0.05) is 67.7 Å². The summed E-state index contributed by atoms with van der Waals surface area (Å²) < 4.78 is 13.6. The van der Waals surface area contributed by atoms with Gasteiger partial charge in [-0.25, -0.2) is 19.8 Å². The average molecular weight is 642 g/mol. The molecule has 2 aliphatic rings. The summed E-state index contributed by atoms with van der Waals surface area (Å²) in [6.07, 6.45) is 7.35. The fourth-order valence-electron chi connectivity index (χ4n) is 6.41. The Morgan fingerprint density at radius 3 is 2.65 bits per heavy atom. The first-order valence-electron chi connectivity index (χ1n) is 16.3. The number of carbonyl (C=O) groups is 2. The third kappa shape index (κ3) is 7.24. The summed E-state index contributed by atoms with van der Waals surface area (Å²) in [7, 11) is 0. The molecule has 9 nitrogen and oxygen atoms in total. The Hall–Kier alpha value is -5.48. The number of halogens is 1. The minimum absolute atomic E-state index is 0.294. The molecule has 0 spiro atoms. The van der Waals surface area contributed by atoms with E-state index in [1.54, 1.807) is 36.5 Å². The number of piperidine rings is 1. The number of pyridine rings is 2. The molecule has 0 radical (unpaired) electrons. The van der Waals surface area contributed by atoms with E-state index in [1.165, 1.54) is 30.3 Å². The lowest BCUT2D eigenvalue weighted by atomic mass is 10.0. The van der Waals surface area contributed by atoms with Gasteiger partial charge in [0.05, 0.1) is 17.5 Å². The summed E-state index contributed by atoms with van der Waals surface area (Å²) >= 11 is 0. The molecule has 0 atom stereocenters. The molecule has 0 aliphatic carbocycles. The van der Waals surface area contributed by atoms with Gasteiger partial charge in [-0.05, 0) is 96.6 Å². The van der Waals surface area contributed by atoms with E-state index < -0.39 is 11.7 Å². The van der Waals surface area contributed by atoms with E-state index in [-0.39, 0.29) is 5.91 Å². The molecule has 2 N–H and O–H groups in total. The number of fused-ring (bicyclic) bond motifs is 2. The van der Waals surface area contributed by atoms with E-state index in [1.807, 2.05) is 36.4 Å². The third-order valence-electron chi connectivity index (χ3n) is 8.86. The molecule has 0 unspecified atom stereocenters. The number of rotatable bonds is 8. The number of amides is 2. The molecular formula is C38H36FN7O2. The number of nitrogens with one attached hydrogen (secondary N) is 2. The fourth-order valence-corrected chi connectivity index (χ4v) is 6.41. The minimum atomic E-state index is -0.478. The highest BCUT2D eigenvalue weighted by atomic mass is 19.1. The van der Waals surface area contributed by atoms with Crippen LogP contribution in [0.4, 0.5) is 15.8 Å². The van der Waals surface area contributed by atoms with Crippen molar-refractivity contribution in [2.45, 2.75) is 38.8 Å². The largest absolute Gasteiger partial charge is 0.372 e. The number of hydrogen-bond acceptors (Lipinski definition) is 7. The van der Waals surface area contributed by atoms with Crippen molar-refractivity contribution in [3.8, 4) is 0 Å².